The number of nitrogens with one attached hydrogen (secondary N) is 3. The Labute approximate surface area is 178 Å². The number of aromatic amines is 2. The average molecular weight is 410 g/mol. The topological polar surface area (TPSA) is 99.6 Å². The molecule has 5 aromatic rings. The second kappa shape index (κ2) is 6.49. The number of nitrogens with zero attached hydrogens (tertiary/aromatic N) is 5. The molecule has 2 bridgehead atoms. The van der Waals surface area contributed by atoms with Crippen molar-refractivity contribution in [2.45, 2.75) is 43.7 Å². The number of aromatic nitrogens is 7. The van der Waals surface area contributed by atoms with Crippen molar-refractivity contribution in [1.82, 2.24) is 39.9 Å². The predicted molar refractivity (Wildman–Crippen MR) is 118 cm³/mol. The van der Waals surface area contributed by atoms with E-state index in [9.17, 15) is 0 Å². The summed E-state index contributed by atoms with van der Waals surface area (Å²) in [6.07, 6.45) is 14.2. The van der Waals surface area contributed by atoms with Crippen LogP contribution >= 0.6 is 0 Å². The molecule has 0 amide bonds. The van der Waals surface area contributed by atoms with Crippen LogP contribution in [0, 0.1) is 0 Å². The van der Waals surface area contributed by atoms with Gasteiger partial charge in [0.25, 0.3) is 0 Å². The Bertz CT molecular complexity index is 1370. The van der Waals surface area contributed by atoms with Gasteiger partial charge in [0.15, 0.2) is 11.5 Å². The highest BCUT2D eigenvalue weighted by molar-refractivity contribution is 5.86. The lowest BCUT2D eigenvalue weighted by atomic mass is 9.88. The van der Waals surface area contributed by atoms with Crippen LogP contribution in [-0.2, 0) is 0 Å². The Morgan fingerprint density at radius 2 is 1.84 bits per heavy atom. The number of H-pyrrole nitrogens is 2. The van der Waals surface area contributed by atoms with Crippen molar-refractivity contribution < 1.29 is 0 Å². The molecule has 0 unspecified atom stereocenters. The molecule has 2 saturated heterocycles. The summed E-state index contributed by atoms with van der Waals surface area (Å²) in [5.74, 6) is 1.24. The van der Waals surface area contributed by atoms with E-state index in [4.69, 9.17) is 4.98 Å². The molecule has 8 nitrogen and oxygen atoms in total. The molecule has 3 atom stereocenters. The molecule has 7 heterocycles. The van der Waals surface area contributed by atoms with Crippen molar-refractivity contribution in [3.05, 3.63) is 54.9 Å². The summed E-state index contributed by atoms with van der Waals surface area (Å²) in [7, 11) is 0. The minimum Gasteiger partial charge on any atom is -0.346 e. The highest BCUT2D eigenvalue weighted by Crippen LogP contribution is 2.39. The van der Waals surface area contributed by atoms with Crippen LogP contribution in [0.25, 0.3) is 39.3 Å². The largest absolute Gasteiger partial charge is 0.346 e. The minimum absolute atomic E-state index is 0.476. The van der Waals surface area contributed by atoms with Crippen molar-refractivity contribution in [3.8, 4) is 22.6 Å². The zero-order valence-electron chi connectivity index (χ0n) is 16.9. The van der Waals surface area contributed by atoms with E-state index in [1.54, 1.807) is 12.4 Å². The summed E-state index contributed by atoms with van der Waals surface area (Å²) in [4.78, 5) is 20.6. The van der Waals surface area contributed by atoms with E-state index in [1.807, 2.05) is 29.2 Å². The Morgan fingerprint density at radius 3 is 2.61 bits per heavy atom. The van der Waals surface area contributed by atoms with E-state index in [-0.39, 0.29) is 0 Å². The van der Waals surface area contributed by atoms with Crippen molar-refractivity contribution in [2.24, 2.45) is 0 Å². The zero-order valence-corrected chi connectivity index (χ0v) is 16.9. The molecule has 0 spiro atoms. The number of hydrogen-bond donors (Lipinski definition) is 3. The summed E-state index contributed by atoms with van der Waals surface area (Å²) in [5.41, 5.74) is 5.90. The highest BCUT2D eigenvalue weighted by Gasteiger charge is 2.35. The molecule has 0 aromatic carbocycles. The van der Waals surface area contributed by atoms with Crippen LogP contribution in [0.2, 0.25) is 0 Å². The molecule has 154 valence electrons. The van der Waals surface area contributed by atoms with E-state index < -0.39 is 0 Å². The molecule has 7 rings (SSSR count). The first-order chi connectivity index (χ1) is 15.3. The molecule has 3 N–H and O–H groups in total. The first kappa shape index (κ1) is 17.2. The maximum absolute atomic E-state index is 5.21. The zero-order chi connectivity index (χ0) is 20.4. The van der Waals surface area contributed by atoms with Crippen molar-refractivity contribution in [3.63, 3.8) is 0 Å². The van der Waals surface area contributed by atoms with Crippen LogP contribution in [0.1, 0.15) is 37.3 Å². The summed E-state index contributed by atoms with van der Waals surface area (Å²) in [5, 5.41) is 9.59. The lowest BCUT2D eigenvalue weighted by Gasteiger charge is -2.29. The van der Waals surface area contributed by atoms with Gasteiger partial charge >= 0.3 is 0 Å². The molecule has 0 saturated carbocycles. The second-order valence-corrected chi connectivity index (χ2v) is 8.71. The summed E-state index contributed by atoms with van der Waals surface area (Å²) >= 11 is 0. The normalized spacial score (nSPS) is 23.2. The van der Waals surface area contributed by atoms with Gasteiger partial charge in [0.1, 0.15) is 11.3 Å². The smallest absolute Gasteiger partial charge is 0.165 e. The SMILES string of the molecule is c1c[nH]c(-c2ccc(-c3cnn4c3nc([C@H]3C[C@H]5CC[C@@H](C3)N5)c3cc[nH]c34)cn2)n1. The van der Waals surface area contributed by atoms with Gasteiger partial charge in [-0.05, 0) is 37.8 Å². The van der Waals surface area contributed by atoms with Crippen molar-refractivity contribution in [2.75, 3.05) is 0 Å². The van der Waals surface area contributed by atoms with E-state index in [1.165, 1.54) is 23.9 Å². The number of imidazole rings is 1. The van der Waals surface area contributed by atoms with Crippen LogP contribution in [0.3, 0.4) is 0 Å². The van der Waals surface area contributed by atoms with Gasteiger partial charge in [-0.2, -0.15) is 9.61 Å². The quantitative estimate of drug-likeness (QED) is 0.422. The molecule has 5 aromatic heterocycles. The fourth-order valence-corrected chi connectivity index (χ4v) is 5.42. The van der Waals surface area contributed by atoms with Gasteiger partial charge in [-0.1, -0.05) is 6.07 Å². The Hall–Kier alpha value is -3.52. The van der Waals surface area contributed by atoms with Crippen molar-refractivity contribution in [1.29, 1.82) is 0 Å². The number of piperidine rings is 1. The monoisotopic (exact) mass is 410 g/mol. The van der Waals surface area contributed by atoms with E-state index in [2.05, 4.69) is 42.5 Å². The van der Waals surface area contributed by atoms with Crippen LogP contribution < -0.4 is 5.32 Å². The molecule has 2 aliphatic heterocycles. The summed E-state index contributed by atoms with van der Waals surface area (Å²) < 4.78 is 1.92. The van der Waals surface area contributed by atoms with Crippen molar-refractivity contribution >= 4 is 16.7 Å². The van der Waals surface area contributed by atoms with Crippen LogP contribution in [0.4, 0.5) is 0 Å². The van der Waals surface area contributed by atoms with Crippen LogP contribution in [-0.4, -0.2) is 46.6 Å². The van der Waals surface area contributed by atoms with Gasteiger partial charge in [0.05, 0.1) is 11.9 Å². The Balaban J connectivity index is 1.36. The maximum atomic E-state index is 5.21. The average Bonchev–Trinajstić information content (AvgIpc) is 3.59. The minimum atomic E-state index is 0.476. The van der Waals surface area contributed by atoms with Gasteiger partial charge in [0, 0.05) is 59.3 Å². The number of pyridine rings is 1. The molecular formula is C23H22N8. The van der Waals surface area contributed by atoms with Gasteiger partial charge in [-0.15, -0.1) is 0 Å². The lowest BCUT2D eigenvalue weighted by molar-refractivity contribution is 0.360. The second-order valence-electron chi connectivity index (χ2n) is 8.71. The number of rotatable bonds is 3. The van der Waals surface area contributed by atoms with E-state index >= 15 is 0 Å². The molecule has 8 heteroatoms. The number of fused-ring (bicyclic) bond motifs is 5. The number of hydrogen-bond acceptors (Lipinski definition) is 5. The Morgan fingerprint density at radius 1 is 0.935 bits per heavy atom. The van der Waals surface area contributed by atoms with Gasteiger partial charge < -0.3 is 15.3 Å². The first-order valence-electron chi connectivity index (χ1n) is 10.9. The third-order valence-electron chi connectivity index (χ3n) is 6.86. The molecule has 2 fully saturated rings. The first-order valence-corrected chi connectivity index (χ1v) is 10.9. The summed E-state index contributed by atoms with van der Waals surface area (Å²) in [6, 6.07) is 7.43. The maximum Gasteiger partial charge on any atom is 0.165 e. The van der Waals surface area contributed by atoms with Crippen LogP contribution in [0.5, 0.6) is 0 Å². The molecule has 0 radical (unpaired) electrons. The third kappa shape index (κ3) is 2.64. The fraction of sp³-hybridized carbons (Fsp3) is 0.304. The predicted octanol–water partition coefficient (Wildman–Crippen LogP) is 3.66. The molecular weight excluding hydrogens is 388 g/mol. The third-order valence-corrected chi connectivity index (χ3v) is 6.86. The molecule has 0 aliphatic carbocycles. The van der Waals surface area contributed by atoms with E-state index in [0.29, 0.717) is 18.0 Å². The molecule has 31 heavy (non-hydrogen) atoms. The lowest BCUT2D eigenvalue weighted by Crippen LogP contribution is -2.37. The van der Waals surface area contributed by atoms with Crippen LogP contribution in [0.15, 0.2) is 49.2 Å². The Kier molecular flexibility index (Phi) is 3.60. The van der Waals surface area contributed by atoms with Gasteiger partial charge in [0.2, 0.25) is 0 Å². The summed E-state index contributed by atoms with van der Waals surface area (Å²) in [6.45, 7) is 0. The fourth-order valence-electron chi connectivity index (χ4n) is 5.42. The van der Waals surface area contributed by atoms with Gasteiger partial charge in [-0.3, -0.25) is 4.98 Å². The highest BCUT2D eigenvalue weighted by atomic mass is 15.3. The van der Waals surface area contributed by atoms with E-state index in [0.717, 1.165) is 46.8 Å². The van der Waals surface area contributed by atoms with Gasteiger partial charge in [-0.25, -0.2) is 9.97 Å². The standard InChI is InChI=1S/C23H22N8/c1-4-19(21-24-7-8-25-21)27-11-13(1)18-12-28-31-22-17(5-6-26-22)20(30-23(18)31)14-9-15-2-3-16(10-14)29-15/h1,4-8,11-12,14-16,26,29H,2-3,9-10H2,(H,24,25)/t14-,15+,16-. The molecule has 2 aliphatic rings.